The zero-order valence-electron chi connectivity index (χ0n) is 15.6. The summed E-state index contributed by atoms with van der Waals surface area (Å²) in [6.07, 6.45) is 0. The van der Waals surface area contributed by atoms with Gasteiger partial charge in [0.05, 0.1) is 11.6 Å². The zero-order valence-corrected chi connectivity index (χ0v) is 15.6. The van der Waals surface area contributed by atoms with Crippen LogP contribution in [-0.4, -0.2) is 25.1 Å². The molecule has 0 aliphatic heterocycles. The Hall–Kier alpha value is -3.48. The number of rotatable bonds is 7. The molecule has 5 nitrogen and oxygen atoms in total. The molecule has 1 amide bonds. The van der Waals surface area contributed by atoms with Gasteiger partial charge >= 0.3 is 12.6 Å². The van der Waals surface area contributed by atoms with Crippen LogP contribution >= 0.6 is 0 Å². The molecule has 0 aliphatic rings. The van der Waals surface area contributed by atoms with Gasteiger partial charge in [0.2, 0.25) is 0 Å². The van der Waals surface area contributed by atoms with Gasteiger partial charge in [-0.05, 0) is 47.5 Å². The lowest BCUT2D eigenvalue weighted by atomic mass is 10.0. The maximum absolute atomic E-state index is 12.3. The normalized spacial score (nSPS) is 11.9. The first kappa shape index (κ1) is 20.3. The van der Waals surface area contributed by atoms with E-state index in [9.17, 15) is 18.4 Å². The monoisotopic (exact) mass is 399 g/mol. The Morgan fingerprint density at radius 3 is 2.48 bits per heavy atom. The Morgan fingerprint density at radius 1 is 0.966 bits per heavy atom. The van der Waals surface area contributed by atoms with Crippen LogP contribution in [0.5, 0.6) is 5.75 Å². The number of ether oxygens (including phenoxy) is 2. The number of hydrogen-bond donors (Lipinski definition) is 1. The van der Waals surface area contributed by atoms with E-state index in [-0.39, 0.29) is 17.4 Å². The Kier molecular flexibility index (Phi) is 6.39. The average molecular weight is 399 g/mol. The molecule has 7 heteroatoms. The van der Waals surface area contributed by atoms with Gasteiger partial charge in [0.1, 0.15) is 5.75 Å². The van der Waals surface area contributed by atoms with Gasteiger partial charge in [-0.2, -0.15) is 8.78 Å². The van der Waals surface area contributed by atoms with E-state index in [1.165, 1.54) is 18.2 Å². The van der Waals surface area contributed by atoms with Gasteiger partial charge in [-0.3, -0.25) is 4.79 Å². The summed E-state index contributed by atoms with van der Waals surface area (Å²) >= 11 is 0. The number of alkyl halides is 2. The first-order chi connectivity index (χ1) is 13.9. The van der Waals surface area contributed by atoms with E-state index in [2.05, 4.69) is 10.1 Å². The molecule has 0 spiro atoms. The van der Waals surface area contributed by atoms with E-state index in [4.69, 9.17) is 4.74 Å². The highest BCUT2D eigenvalue weighted by molar-refractivity contribution is 5.91. The zero-order chi connectivity index (χ0) is 20.8. The summed E-state index contributed by atoms with van der Waals surface area (Å²) in [5, 5.41) is 4.92. The third kappa shape index (κ3) is 5.51. The predicted octanol–water partition coefficient (Wildman–Crippen LogP) is 4.48. The summed E-state index contributed by atoms with van der Waals surface area (Å²) in [7, 11) is 0. The standard InChI is InChI=1S/C22H19F2NO4/c1-14(16-10-9-15-5-2-3-6-17(15)11-16)25-20(26)13-28-21(27)18-7-4-8-19(12-18)29-22(23)24/h2-12,14,22H,13H2,1H3,(H,25,26). The largest absolute Gasteiger partial charge is 0.452 e. The van der Waals surface area contributed by atoms with E-state index in [0.717, 1.165) is 22.4 Å². The van der Waals surface area contributed by atoms with Gasteiger partial charge in [-0.25, -0.2) is 4.79 Å². The second-order valence-electron chi connectivity index (χ2n) is 6.38. The van der Waals surface area contributed by atoms with Crippen molar-refractivity contribution in [3.63, 3.8) is 0 Å². The van der Waals surface area contributed by atoms with Crippen molar-refractivity contribution >= 4 is 22.6 Å². The highest BCUT2D eigenvalue weighted by Gasteiger charge is 2.15. The molecule has 0 fully saturated rings. The number of amides is 1. The molecule has 0 radical (unpaired) electrons. The highest BCUT2D eigenvalue weighted by atomic mass is 19.3. The second-order valence-corrected chi connectivity index (χ2v) is 6.38. The Bertz CT molecular complexity index is 1020. The van der Waals surface area contributed by atoms with Crippen LogP contribution in [0.3, 0.4) is 0 Å². The molecule has 1 unspecified atom stereocenters. The van der Waals surface area contributed by atoms with Gasteiger partial charge in [0.25, 0.3) is 5.91 Å². The van der Waals surface area contributed by atoms with E-state index in [1.807, 2.05) is 49.4 Å². The first-order valence-corrected chi connectivity index (χ1v) is 8.92. The van der Waals surface area contributed by atoms with Crippen LogP contribution in [0.15, 0.2) is 66.7 Å². The molecular weight excluding hydrogens is 380 g/mol. The molecule has 3 rings (SSSR count). The predicted molar refractivity (Wildman–Crippen MR) is 104 cm³/mol. The smallest absolute Gasteiger partial charge is 0.387 e. The Labute approximate surface area is 166 Å². The van der Waals surface area contributed by atoms with Crippen LogP contribution in [0.25, 0.3) is 10.8 Å². The molecule has 0 aliphatic carbocycles. The van der Waals surface area contributed by atoms with Crippen molar-refractivity contribution in [1.29, 1.82) is 0 Å². The quantitative estimate of drug-likeness (QED) is 0.595. The SMILES string of the molecule is CC(NC(=O)COC(=O)c1cccc(OC(F)F)c1)c1ccc2ccccc2c1. The van der Waals surface area contributed by atoms with Crippen LogP contribution in [0.2, 0.25) is 0 Å². The molecule has 0 saturated heterocycles. The topological polar surface area (TPSA) is 64.6 Å². The summed E-state index contributed by atoms with van der Waals surface area (Å²) in [5.74, 6) is -1.44. The average Bonchev–Trinajstić information content (AvgIpc) is 2.71. The third-order valence-corrected chi connectivity index (χ3v) is 4.28. The number of esters is 1. The number of fused-ring (bicyclic) bond motifs is 1. The molecule has 0 aromatic heterocycles. The number of benzene rings is 3. The molecule has 0 heterocycles. The minimum atomic E-state index is -3.00. The summed E-state index contributed by atoms with van der Waals surface area (Å²) in [5.41, 5.74) is 0.929. The Morgan fingerprint density at radius 2 is 1.72 bits per heavy atom. The number of carbonyl (C=O) groups excluding carboxylic acids is 2. The number of carbonyl (C=O) groups is 2. The van der Waals surface area contributed by atoms with Gasteiger partial charge in [0, 0.05) is 0 Å². The minimum absolute atomic E-state index is 0.0125. The van der Waals surface area contributed by atoms with Crippen LogP contribution in [0.1, 0.15) is 28.9 Å². The lowest BCUT2D eigenvalue weighted by Crippen LogP contribution is -2.31. The van der Waals surface area contributed by atoms with Crippen molar-refractivity contribution in [2.24, 2.45) is 0 Å². The fourth-order valence-corrected chi connectivity index (χ4v) is 2.86. The molecule has 0 bridgehead atoms. The maximum Gasteiger partial charge on any atom is 0.387 e. The van der Waals surface area contributed by atoms with Crippen molar-refractivity contribution in [2.45, 2.75) is 19.6 Å². The fraction of sp³-hybridized carbons (Fsp3) is 0.182. The van der Waals surface area contributed by atoms with E-state index < -0.39 is 25.1 Å². The summed E-state index contributed by atoms with van der Waals surface area (Å²) < 4.78 is 33.7. The minimum Gasteiger partial charge on any atom is -0.452 e. The van der Waals surface area contributed by atoms with Crippen LogP contribution in [-0.2, 0) is 9.53 Å². The van der Waals surface area contributed by atoms with E-state index in [0.29, 0.717) is 0 Å². The third-order valence-electron chi connectivity index (χ3n) is 4.28. The van der Waals surface area contributed by atoms with Gasteiger partial charge in [-0.1, -0.05) is 42.5 Å². The molecule has 29 heavy (non-hydrogen) atoms. The van der Waals surface area contributed by atoms with Crippen LogP contribution in [0, 0.1) is 0 Å². The van der Waals surface area contributed by atoms with E-state index in [1.54, 1.807) is 0 Å². The molecule has 150 valence electrons. The van der Waals surface area contributed by atoms with Crippen molar-refractivity contribution in [3.05, 3.63) is 77.9 Å². The summed E-state index contributed by atoms with van der Waals surface area (Å²) in [6.45, 7) is -1.66. The summed E-state index contributed by atoms with van der Waals surface area (Å²) in [4.78, 5) is 24.2. The lowest BCUT2D eigenvalue weighted by molar-refractivity contribution is -0.124. The Balaban J connectivity index is 1.55. The number of hydrogen-bond acceptors (Lipinski definition) is 4. The van der Waals surface area contributed by atoms with Crippen molar-refractivity contribution < 1.29 is 27.8 Å². The molecule has 0 saturated carbocycles. The van der Waals surface area contributed by atoms with Gasteiger partial charge in [-0.15, -0.1) is 0 Å². The first-order valence-electron chi connectivity index (χ1n) is 8.92. The second kappa shape index (κ2) is 9.14. The molecule has 1 N–H and O–H groups in total. The molecule has 1 atom stereocenters. The summed E-state index contributed by atoms with van der Waals surface area (Å²) in [6, 6.07) is 18.7. The van der Waals surface area contributed by atoms with Crippen molar-refractivity contribution in [3.8, 4) is 5.75 Å². The van der Waals surface area contributed by atoms with Crippen LogP contribution in [0.4, 0.5) is 8.78 Å². The van der Waals surface area contributed by atoms with E-state index >= 15 is 0 Å². The van der Waals surface area contributed by atoms with Crippen LogP contribution < -0.4 is 10.1 Å². The number of nitrogens with one attached hydrogen (secondary N) is 1. The fourth-order valence-electron chi connectivity index (χ4n) is 2.86. The van der Waals surface area contributed by atoms with Crippen molar-refractivity contribution in [1.82, 2.24) is 5.32 Å². The molecule has 3 aromatic carbocycles. The van der Waals surface area contributed by atoms with Gasteiger partial charge in [0.15, 0.2) is 6.61 Å². The van der Waals surface area contributed by atoms with Gasteiger partial charge < -0.3 is 14.8 Å². The molecule has 3 aromatic rings. The lowest BCUT2D eigenvalue weighted by Gasteiger charge is -2.15. The molecular formula is C22H19F2NO4. The maximum atomic E-state index is 12.3. The van der Waals surface area contributed by atoms with Crippen molar-refractivity contribution in [2.75, 3.05) is 6.61 Å². The highest BCUT2D eigenvalue weighted by Crippen LogP contribution is 2.20. The number of halogens is 2.